The standard InChI is InChI=1S/C20H24O3/c1-12-10-16-14(18(2)7-4-13(21)11-15(12)18)5-8-19(3)17(22)6-9-20(16,19)23/h4,7,11,14,16,23H,1,5-6,8-10H2,2-3H3/t14-,16+,18+,19+,20+/m0/s1. The monoisotopic (exact) mass is 312 g/mol. The molecular weight excluding hydrogens is 288 g/mol. The molecule has 0 aromatic heterocycles. The summed E-state index contributed by atoms with van der Waals surface area (Å²) in [4.78, 5) is 24.3. The van der Waals surface area contributed by atoms with Crippen LogP contribution in [0.5, 0.6) is 0 Å². The zero-order chi connectivity index (χ0) is 16.6. The van der Waals surface area contributed by atoms with Crippen LogP contribution in [-0.2, 0) is 9.59 Å². The van der Waals surface area contributed by atoms with Crippen LogP contribution in [0.15, 0.2) is 36.0 Å². The van der Waals surface area contributed by atoms with Gasteiger partial charge in [0.15, 0.2) is 5.78 Å². The van der Waals surface area contributed by atoms with Gasteiger partial charge in [0, 0.05) is 11.8 Å². The second kappa shape index (κ2) is 4.32. The molecule has 3 heteroatoms. The smallest absolute Gasteiger partial charge is 0.178 e. The van der Waals surface area contributed by atoms with E-state index in [1.165, 1.54) is 0 Å². The van der Waals surface area contributed by atoms with Crippen molar-refractivity contribution in [3.05, 3.63) is 36.0 Å². The first-order chi connectivity index (χ1) is 10.7. The number of allylic oxidation sites excluding steroid dienone is 5. The fourth-order valence-electron chi connectivity index (χ4n) is 5.93. The topological polar surface area (TPSA) is 54.4 Å². The maximum atomic E-state index is 12.4. The largest absolute Gasteiger partial charge is 0.389 e. The fraction of sp³-hybridized carbons (Fsp3) is 0.600. The molecule has 3 nitrogen and oxygen atoms in total. The van der Waals surface area contributed by atoms with E-state index in [1.807, 2.05) is 13.0 Å². The van der Waals surface area contributed by atoms with E-state index < -0.39 is 11.0 Å². The zero-order valence-corrected chi connectivity index (χ0v) is 13.9. The molecule has 3 fully saturated rings. The van der Waals surface area contributed by atoms with Crippen LogP contribution in [0.1, 0.15) is 46.0 Å². The molecule has 1 N–H and O–H groups in total. The Morgan fingerprint density at radius 3 is 2.70 bits per heavy atom. The van der Waals surface area contributed by atoms with E-state index >= 15 is 0 Å². The SMILES string of the molecule is C=C1C[C@@H]2[C@H](CC[C@]3(C)C(=O)CC[C@@]23O)[C@@]2(C)C=CC(=O)C=C12. The van der Waals surface area contributed by atoms with E-state index in [0.717, 1.165) is 24.0 Å². The number of aliphatic hydroxyl groups is 1. The molecule has 0 unspecified atom stereocenters. The van der Waals surface area contributed by atoms with Gasteiger partial charge in [-0.15, -0.1) is 0 Å². The van der Waals surface area contributed by atoms with E-state index in [0.29, 0.717) is 19.3 Å². The van der Waals surface area contributed by atoms with E-state index in [1.54, 1.807) is 12.2 Å². The maximum Gasteiger partial charge on any atom is 0.178 e. The fourth-order valence-corrected chi connectivity index (χ4v) is 5.93. The van der Waals surface area contributed by atoms with E-state index in [9.17, 15) is 14.7 Å². The molecule has 0 amide bonds. The number of rotatable bonds is 0. The highest BCUT2D eigenvalue weighted by atomic mass is 16.3. The highest BCUT2D eigenvalue weighted by Crippen LogP contribution is 2.65. The number of hydrogen-bond acceptors (Lipinski definition) is 3. The van der Waals surface area contributed by atoms with E-state index in [-0.39, 0.29) is 28.8 Å². The van der Waals surface area contributed by atoms with Crippen molar-refractivity contribution < 1.29 is 14.7 Å². The second-order valence-electron chi connectivity index (χ2n) is 8.32. The van der Waals surface area contributed by atoms with Crippen LogP contribution in [0.4, 0.5) is 0 Å². The van der Waals surface area contributed by atoms with E-state index in [4.69, 9.17) is 0 Å². The average molecular weight is 312 g/mol. The molecule has 3 saturated carbocycles. The molecule has 122 valence electrons. The number of ketones is 2. The van der Waals surface area contributed by atoms with Crippen molar-refractivity contribution in [2.24, 2.45) is 22.7 Å². The summed E-state index contributed by atoms with van der Waals surface area (Å²) in [5, 5.41) is 11.5. The summed E-state index contributed by atoms with van der Waals surface area (Å²) in [6.07, 6.45) is 8.76. The molecule has 0 bridgehead atoms. The number of Topliss-reactive ketones (excluding diaryl/α,β-unsaturated/α-hetero) is 1. The minimum absolute atomic E-state index is 0.0208. The van der Waals surface area contributed by atoms with Crippen molar-refractivity contribution in [3.8, 4) is 0 Å². The van der Waals surface area contributed by atoms with Crippen LogP contribution in [0.3, 0.4) is 0 Å². The molecular formula is C20H24O3. The summed E-state index contributed by atoms with van der Waals surface area (Å²) in [6.45, 7) is 8.32. The van der Waals surface area contributed by atoms with Gasteiger partial charge in [-0.05, 0) is 62.2 Å². The molecule has 23 heavy (non-hydrogen) atoms. The number of carbonyl (C=O) groups excluding carboxylic acids is 2. The van der Waals surface area contributed by atoms with Crippen molar-refractivity contribution >= 4 is 11.6 Å². The maximum absolute atomic E-state index is 12.4. The first kappa shape index (κ1) is 15.1. The summed E-state index contributed by atoms with van der Waals surface area (Å²) < 4.78 is 0. The summed E-state index contributed by atoms with van der Waals surface area (Å²) in [7, 11) is 0. The van der Waals surface area contributed by atoms with Crippen molar-refractivity contribution in [1.29, 1.82) is 0 Å². The second-order valence-corrected chi connectivity index (χ2v) is 8.32. The summed E-state index contributed by atoms with van der Waals surface area (Å²) in [5.41, 5.74) is 0.183. The molecule has 0 aromatic carbocycles. The molecule has 4 aliphatic rings. The van der Waals surface area contributed by atoms with Gasteiger partial charge in [0.05, 0.1) is 11.0 Å². The Morgan fingerprint density at radius 2 is 1.96 bits per heavy atom. The first-order valence-electron chi connectivity index (χ1n) is 8.61. The van der Waals surface area contributed by atoms with Crippen molar-refractivity contribution in [1.82, 2.24) is 0 Å². The van der Waals surface area contributed by atoms with Crippen molar-refractivity contribution in [2.75, 3.05) is 0 Å². The lowest BCUT2D eigenvalue weighted by Gasteiger charge is -2.59. The average Bonchev–Trinajstić information content (AvgIpc) is 2.74. The molecule has 0 aliphatic heterocycles. The van der Waals surface area contributed by atoms with Gasteiger partial charge in [0.2, 0.25) is 0 Å². The lowest BCUT2D eigenvalue weighted by molar-refractivity contribution is -0.170. The Labute approximate surface area is 137 Å². The summed E-state index contributed by atoms with van der Waals surface area (Å²) >= 11 is 0. The van der Waals surface area contributed by atoms with Gasteiger partial charge in [0.1, 0.15) is 5.78 Å². The van der Waals surface area contributed by atoms with Crippen LogP contribution >= 0.6 is 0 Å². The molecule has 4 rings (SSSR count). The van der Waals surface area contributed by atoms with Crippen LogP contribution in [0.2, 0.25) is 0 Å². The van der Waals surface area contributed by atoms with Crippen LogP contribution < -0.4 is 0 Å². The van der Waals surface area contributed by atoms with Crippen LogP contribution in [0, 0.1) is 22.7 Å². The third-order valence-corrected chi connectivity index (χ3v) is 7.44. The molecule has 0 spiro atoms. The predicted octanol–water partition coefficient (Wildman–Crippen LogP) is 3.14. The molecule has 0 aromatic rings. The minimum Gasteiger partial charge on any atom is -0.389 e. The Bertz CT molecular complexity index is 700. The van der Waals surface area contributed by atoms with Crippen LogP contribution in [0.25, 0.3) is 0 Å². The number of carbonyl (C=O) groups is 2. The van der Waals surface area contributed by atoms with Gasteiger partial charge in [-0.3, -0.25) is 9.59 Å². The Kier molecular flexibility index (Phi) is 2.83. The van der Waals surface area contributed by atoms with Crippen molar-refractivity contribution in [3.63, 3.8) is 0 Å². The van der Waals surface area contributed by atoms with Gasteiger partial charge in [-0.2, -0.15) is 0 Å². The Morgan fingerprint density at radius 1 is 1.22 bits per heavy atom. The van der Waals surface area contributed by atoms with E-state index in [2.05, 4.69) is 13.5 Å². The normalized spacial score (nSPS) is 48.7. The number of fused-ring (bicyclic) bond motifs is 5. The highest BCUT2D eigenvalue weighted by molar-refractivity contribution is 6.02. The zero-order valence-electron chi connectivity index (χ0n) is 13.9. The van der Waals surface area contributed by atoms with Gasteiger partial charge in [-0.25, -0.2) is 0 Å². The van der Waals surface area contributed by atoms with Gasteiger partial charge < -0.3 is 5.11 Å². The lowest BCUT2D eigenvalue weighted by Crippen LogP contribution is -2.60. The highest BCUT2D eigenvalue weighted by Gasteiger charge is 2.66. The Hall–Kier alpha value is -1.48. The summed E-state index contributed by atoms with van der Waals surface area (Å²) in [5.74, 6) is 0.533. The third-order valence-electron chi connectivity index (χ3n) is 7.44. The molecule has 5 atom stereocenters. The van der Waals surface area contributed by atoms with Gasteiger partial charge in [-0.1, -0.05) is 25.2 Å². The van der Waals surface area contributed by atoms with Gasteiger partial charge in [0.25, 0.3) is 0 Å². The predicted molar refractivity (Wildman–Crippen MR) is 87.6 cm³/mol. The first-order valence-corrected chi connectivity index (χ1v) is 8.61. The molecule has 0 heterocycles. The quantitative estimate of drug-likeness (QED) is 0.747. The molecule has 0 radical (unpaired) electrons. The van der Waals surface area contributed by atoms with Crippen LogP contribution in [-0.4, -0.2) is 22.3 Å². The molecule has 4 aliphatic carbocycles. The lowest BCUT2D eigenvalue weighted by atomic mass is 9.46. The third kappa shape index (κ3) is 1.64. The summed E-state index contributed by atoms with van der Waals surface area (Å²) in [6, 6.07) is 0. The van der Waals surface area contributed by atoms with Gasteiger partial charge >= 0.3 is 0 Å². The minimum atomic E-state index is -0.931. The Balaban J connectivity index is 1.83. The van der Waals surface area contributed by atoms with Crippen molar-refractivity contribution in [2.45, 2.75) is 51.6 Å². The number of hydrogen-bond donors (Lipinski definition) is 1. The molecule has 0 saturated heterocycles.